The summed E-state index contributed by atoms with van der Waals surface area (Å²) in [7, 11) is 1.98. The zero-order valence-corrected chi connectivity index (χ0v) is 5.78. The second kappa shape index (κ2) is 4.85. The van der Waals surface area contributed by atoms with Crippen LogP contribution in [0.1, 0.15) is 19.8 Å². The smallest absolute Gasteiger partial charge is 0.00386 e. The van der Waals surface area contributed by atoms with E-state index in [0.29, 0.717) is 6.04 Å². The van der Waals surface area contributed by atoms with E-state index in [4.69, 9.17) is 0 Å². The van der Waals surface area contributed by atoms with E-state index in [1.807, 2.05) is 13.1 Å². The molecule has 0 aliphatic carbocycles. The minimum atomic E-state index is 0.632. The van der Waals surface area contributed by atoms with Gasteiger partial charge in [-0.25, -0.2) is 0 Å². The van der Waals surface area contributed by atoms with Crippen LogP contribution in [0.15, 0.2) is 12.7 Å². The molecule has 0 saturated carbocycles. The first-order valence-electron chi connectivity index (χ1n) is 3.09. The molecule has 1 N–H and O–H groups in total. The molecule has 0 aliphatic rings. The molecule has 1 unspecified atom stereocenters. The Hall–Kier alpha value is -0.300. The van der Waals surface area contributed by atoms with Crippen LogP contribution in [0.25, 0.3) is 0 Å². The molecule has 1 nitrogen and oxygen atoms in total. The quantitative estimate of drug-likeness (QED) is 0.545. The summed E-state index contributed by atoms with van der Waals surface area (Å²) < 4.78 is 0. The number of rotatable bonds is 4. The maximum atomic E-state index is 3.64. The zero-order chi connectivity index (χ0) is 6.41. The van der Waals surface area contributed by atoms with Crippen LogP contribution in [0, 0.1) is 0 Å². The minimum absolute atomic E-state index is 0.632. The number of hydrogen-bond acceptors (Lipinski definition) is 1. The van der Waals surface area contributed by atoms with Gasteiger partial charge in [0, 0.05) is 6.04 Å². The van der Waals surface area contributed by atoms with E-state index in [0.717, 1.165) is 6.42 Å². The Kier molecular flexibility index (Phi) is 4.67. The van der Waals surface area contributed by atoms with Crippen LogP contribution in [-0.4, -0.2) is 13.1 Å². The van der Waals surface area contributed by atoms with Crippen molar-refractivity contribution in [2.24, 2.45) is 0 Å². The van der Waals surface area contributed by atoms with Crippen molar-refractivity contribution >= 4 is 0 Å². The van der Waals surface area contributed by atoms with Crippen molar-refractivity contribution in [2.75, 3.05) is 7.05 Å². The molecule has 0 saturated heterocycles. The van der Waals surface area contributed by atoms with Crippen LogP contribution in [0.4, 0.5) is 0 Å². The van der Waals surface area contributed by atoms with Gasteiger partial charge < -0.3 is 5.32 Å². The first-order chi connectivity index (χ1) is 3.81. The lowest BCUT2D eigenvalue weighted by molar-refractivity contribution is 0.571. The zero-order valence-electron chi connectivity index (χ0n) is 5.78. The molecule has 0 heterocycles. The van der Waals surface area contributed by atoms with Crippen molar-refractivity contribution in [3.05, 3.63) is 12.7 Å². The summed E-state index contributed by atoms with van der Waals surface area (Å²) in [5.74, 6) is 0. The van der Waals surface area contributed by atoms with E-state index >= 15 is 0 Å². The van der Waals surface area contributed by atoms with Crippen molar-refractivity contribution in [3.63, 3.8) is 0 Å². The normalized spacial score (nSPS) is 13.2. The van der Waals surface area contributed by atoms with Crippen LogP contribution < -0.4 is 5.32 Å². The third-order valence-electron chi connectivity index (χ3n) is 1.30. The van der Waals surface area contributed by atoms with E-state index in [1.54, 1.807) is 0 Å². The Bertz CT molecular complexity index is 59.4. The molecule has 8 heavy (non-hydrogen) atoms. The summed E-state index contributed by atoms with van der Waals surface area (Å²) in [4.78, 5) is 0. The standard InChI is InChI=1S/C7H15N/c1-4-5-6-7(2)8-3/h4,7-8H,1,5-6H2,2-3H3. The van der Waals surface area contributed by atoms with E-state index in [9.17, 15) is 0 Å². The molecular formula is C7H15N. The van der Waals surface area contributed by atoms with E-state index in [1.165, 1.54) is 6.42 Å². The van der Waals surface area contributed by atoms with Gasteiger partial charge in [0.2, 0.25) is 0 Å². The molecule has 0 aliphatic heterocycles. The Labute approximate surface area is 51.8 Å². The molecule has 0 aromatic heterocycles. The van der Waals surface area contributed by atoms with Crippen LogP contribution in [0.3, 0.4) is 0 Å². The maximum Gasteiger partial charge on any atom is 0.00386 e. The summed E-state index contributed by atoms with van der Waals surface area (Å²) >= 11 is 0. The predicted molar refractivity (Wildman–Crippen MR) is 38.0 cm³/mol. The molecule has 0 radical (unpaired) electrons. The number of allylic oxidation sites excluding steroid dienone is 1. The Balaban J connectivity index is 2.97. The highest BCUT2D eigenvalue weighted by Gasteiger charge is 1.92. The largest absolute Gasteiger partial charge is 0.317 e. The second-order valence-corrected chi connectivity index (χ2v) is 2.06. The van der Waals surface area contributed by atoms with Crippen molar-refractivity contribution in [3.8, 4) is 0 Å². The van der Waals surface area contributed by atoms with Crippen molar-refractivity contribution in [2.45, 2.75) is 25.8 Å². The summed E-state index contributed by atoms with van der Waals surface area (Å²) in [5.41, 5.74) is 0. The van der Waals surface area contributed by atoms with E-state index < -0.39 is 0 Å². The molecule has 48 valence electrons. The van der Waals surface area contributed by atoms with Crippen LogP contribution >= 0.6 is 0 Å². The first kappa shape index (κ1) is 7.70. The van der Waals surface area contributed by atoms with Gasteiger partial charge in [0.25, 0.3) is 0 Å². The van der Waals surface area contributed by atoms with Gasteiger partial charge in [-0.15, -0.1) is 6.58 Å². The van der Waals surface area contributed by atoms with Crippen LogP contribution in [0.2, 0.25) is 0 Å². The van der Waals surface area contributed by atoms with Gasteiger partial charge >= 0.3 is 0 Å². The molecule has 0 fully saturated rings. The van der Waals surface area contributed by atoms with Crippen molar-refractivity contribution in [1.29, 1.82) is 0 Å². The third kappa shape index (κ3) is 3.88. The lowest BCUT2D eigenvalue weighted by atomic mass is 10.2. The summed E-state index contributed by atoms with van der Waals surface area (Å²) in [5, 5.41) is 3.15. The Morgan fingerprint density at radius 2 is 2.38 bits per heavy atom. The fraction of sp³-hybridized carbons (Fsp3) is 0.714. The highest BCUT2D eigenvalue weighted by molar-refractivity contribution is 4.69. The molecule has 0 rings (SSSR count). The number of hydrogen-bond donors (Lipinski definition) is 1. The lowest BCUT2D eigenvalue weighted by Crippen LogP contribution is -2.20. The average molecular weight is 113 g/mol. The topological polar surface area (TPSA) is 12.0 Å². The van der Waals surface area contributed by atoms with Gasteiger partial charge in [-0.2, -0.15) is 0 Å². The highest BCUT2D eigenvalue weighted by atomic mass is 14.8. The van der Waals surface area contributed by atoms with E-state index in [2.05, 4.69) is 18.8 Å². The summed E-state index contributed by atoms with van der Waals surface area (Å²) in [6.07, 6.45) is 4.26. The molecule has 0 spiro atoms. The second-order valence-electron chi connectivity index (χ2n) is 2.06. The van der Waals surface area contributed by atoms with Gasteiger partial charge in [0.15, 0.2) is 0 Å². The van der Waals surface area contributed by atoms with Crippen molar-refractivity contribution < 1.29 is 0 Å². The Morgan fingerprint density at radius 1 is 1.75 bits per heavy atom. The van der Waals surface area contributed by atoms with Gasteiger partial charge in [-0.3, -0.25) is 0 Å². The molecule has 0 bridgehead atoms. The predicted octanol–water partition coefficient (Wildman–Crippen LogP) is 1.56. The Morgan fingerprint density at radius 3 is 2.75 bits per heavy atom. The van der Waals surface area contributed by atoms with Crippen LogP contribution in [0.5, 0.6) is 0 Å². The first-order valence-corrected chi connectivity index (χ1v) is 3.09. The molecule has 1 heteroatoms. The molecule has 0 aromatic rings. The van der Waals surface area contributed by atoms with Gasteiger partial charge in [0.1, 0.15) is 0 Å². The van der Waals surface area contributed by atoms with Crippen LogP contribution in [-0.2, 0) is 0 Å². The van der Waals surface area contributed by atoms with Gasteiger partial charge in [-0.05, 0) is 26.8 Å². The van der Waals surface area contributed by atoms with E-state index in [-0.39, 0.29) is 0 Å². The monoisotopic (exact) mass is 113 g/mol. The van der Waals surface area contributed by atoms with Gasteiger partial charge in [-0.1, -0.05) is 6.08 Å². The molecular weight excluding hydrogens is 98.1 g/mol. The number of nitrogens with one attached hydrogen (secondary N) is 1. The maximum absolute atomic E-state index is 3.64. The minimum Gasteiger partial charge on any atom is -0.317 e. The summed E-state index contributed by atoms with van der Waals surface area (Å²) in [6.45, 7) is 5.81. The molecule has 1 atom stereocenters. The molecule has 0 aromatic carbocycles. The lowest BCUT2D eigenvalue weighted by Gasteiger charge is -2.05. The fourth-order valence-corrected chi connectivity index (χ4v) is 0.512. The highest BCUT2D eigenvalue weighted by Crippen LogP contribution is 1.94. The third-order valence-corrected chi connectivity index (χ3v) is 1.30. The average Bonchev–Trinajstić information content (AvgIpc) is 1.83. The van der Waals surface area contributed by atoms with Crippen molar-refractivity contribution in [1.82, 2.24) is 5.32 Å². The summed E-state index contributed by atoms with van der Waals surface area (Å²) in [6, 6.07) is 0.632. The molecule has 0 amide bonds. The fourth-order valence-electron chi connectivity index (χ4n) is 0.512. The van der Waals surface area contributed by atoms with Gasteiger partial charge in [0.05, 0.1) is 0 Å². The SMILES string of the molecule is C=CCCC(C)NC.